The third-order valence-electron chi connectivity index (χ3n) is 3.67. The Morgan fingerprint density at radius 1 is 1.38 bits per heavy atom. The molecule has 5 nitrogen and oxygen atoms in total. The molecule has 0 aliphatic heterocycles. The van der Waals surface area contributed by atoms with Crippen LogP contribution in [0.15, 0.2) is 30.0 Å². The standard InChI is InChI=1S/C18H25ClN4O/c1-4-23(5-2)16-7-8-17(14(3)11-16)22-13-15(12-20)18(24)21-10-6-9-19/h7-8,11,13,22H,4-6,9-10H2,1-3H3,(H,21,24)/b15-13-. The average Bonchev–Trinajstić information content (AvgIpc) is 2.58. The van der Waals surface area contributed by atoms with Crippen molar-refractivity contribution < 1.29 is 4.79 Å². The topological polar surface area (TPSA) is 68.2 Å². The van der Waals surface area contributed by atoms with Gasteiger partial charge in [-0.05, 0) is 51.0 Å². The summed E-state index contributed by atoms with van der Waals surface area (Å²) in [6, 6.07) is 7.99. The van der Waals surface area contributed by atoms with Crippen LogP contribution in [-0.2, 0) is 4.79 Å². The Morgan fingerprint density at radius 3 is 2.62 bits per heavy atom. The van der Waals surface area contributed by atoms with Crippen LogP contribution in [0.4, 0.5) is 11.4 Å². The van der Waals surface area contributed by atoms with Gasteiger partial charge in [0.05, 0.1) is 0 Å². The van der Waals surface area contributed by atoms with Crippen molar-refractivity contribution in [1.82, 2.24) is 5.32 Å². The van der Waals surface area contributed by atoms with Crippen LogP contribution in [0.25, 0.3) is 0 Å². The highest BCUT2D eigenvalue weighted by atomic mass is 35.5. The number of halogens is 1. The quantitative estimate of drug-likeness (QED) is 0.310. The van der Waals surface area contributed by atoms with Gasteiger partial charge in [-0.3, -0.25) is 4.79 Å². The molecule has 0 fully saturated rings. The maximum absolute atomic E-state index is 11.9. The number of nitrogens with one attached hydrogen (secondary N) is 2. The molecule has 0 heterocycles. The van der Waals surface area contributed by atoms with Crippen molar-refractivity contribution in [3.63, 3.8) is 0 Å². The number of hydrogen-bond acceptors (Lipinski definition) is 4. The van der Waals surface area contributed by atoms with Gasteiger partial charge in [0.2, 0.25) is 0 Å². The molecule has 0 saturated heterocycles. The second-order valence-corrected chi connectivity index (χ2v) is 5.66. The number of nitrogens with zero attached hydrogens (tertiary/aromatic N) is 2. The van der Waals surface area contributed by atoms with Gasteiger partial charge in [-0.25, -0.2) is 0 Å². The monoisotopic (exact) mass is 348 g/mol. The molecule has 1 rings (SSSR count). The summed E-state index contributed by atoms with van der Waals surface area (Å²) in [7, 11) is 0. The highest BCUT2D eigenvalue weighted by Crippen LogP contribution is 2.22. The molecule has 0 aliphatic rings. The second kappa shape index (κ2) is 10.6. The van der Waals surface area contributed by atoms with Crippen molar-refractivity contribution in [1.29, 1.82) is 5.26 Å². The van der Waals surface area contributed by atoms with Crippen LogP contribution in [0.3, 0.4) is 0 Å². The third kappa shape index (κ3) is 5.78. The van der Waals surface area contributed by atoms with Crippen molar-refractivity contribution in [3.05, 3.63) is 35.5 Å². The molecule has 6 heteroatoms. The molecule has 1 amide bonds. The van der Waals surface area contributed by atoms with Gasteiger partial charge in [0.1, 0.15) is 11.6 Å². The Labute approximate surface area is 149 Å². The van der Waals surface area contributed by atoms with Gasteiger partial charge in [-0.1, -0.05) is 0 Å². The fourth-order valence-electron chi connectivity index (χ4n) is 2.26. The van der Waals surface area contributed by atoms with E-state index < -0.39 is 5.91 Å². The summed E-state index contributed by atoms with van der Waals surface area (Å²) < 4.78 is 0. The second-order valence-electron chi connectivity index (χ2n) is 5.28. The number of aryl methyl sites for hydroxylation is 1. The first-order valence-electron chi connectivity index (χ1n) is 8.13. The molecular weight excluding hydrogens is 324 g/mol. The van der Waals surface area contributed by atoms with E-state index in [2.05, 4.69) is 35.4 Å². The molecule has 1 aromatic carbocycles. The number of benzene rings is 1. The minimum absolute atomic E-state index is 0.0387. The smallest absolute Gasteiger partial charge is 0.263 e. The summed E-state index contributed by atoms with van der Waals surface area (Å²) in [4.78, 5) is 14.1. The van der Waals surface area contributed by atoms with Crippen LogP contribution in [0.2, 0.25) is 0 Å². The lowest BCUT2D eigenvalue weighted by Gasteiger charge is -2.22. The molecule has 1 aromatic rings. The predicted octanol–water partition coefficient (Wildman–Crippen LogP) is 3.41. The summed E-state index contributed by atoms with van der Waals surface area (Å²) in [6.45, 7) is 8.59. The Hall–Kier alpha value is -2.19. The Kier molecular flexibility index (Phi) is 8.74. The van der Waals surface area contributed by atoms with Crippen LogP contribution in [0.5, 0.6) is 0 Å². The first kappa shape index (κ1) is 19.9. The molecule has 0 atom stereocenters. The summed E-state index contributed by atoms with van der Waals surface area (Å²) in [5.74, 6) is 0.0786. The van der Waals surface area contributed by atoms with Crippen molar-refractivity contribution >= 4 is 28.9 Å². The van der Waals surface area contributed by atoms with Crippen LogP contribution in [0, 0.1) is 18.3 Å². The fourth-order valence-corrected chi connectivity index (χ4v) is 2.39. The van der Waals surface area contributed by atoms with E-state index in [1.807, 2.05) is 25.1 Å². The molecule has 0 aliphatic carbocycles. The molecule has 2 N–H and O–H groups in total. The minimum Gasteiger partial charge on any atom is -0.372 e. The van der Waals surface area contributed by atoms with Gasteiger partial charge >= 0.3 is 0 Å². The maximum Gasteiger partial charge on any atom is 0.263 e. The summed E-state index contributed by atoms with van der Waals surface area (Å²) >= 11 is 5.57. The number of hydrogen-bond donors (Lipinski definition) is 2. The van der Waals surface area contributed by atoms with E-state index in [9.17, 15) is 4.79 Å². The number of anilines is 2. The largest absolute Gasteiger partial charge is 0.372 e. The first-order valence-corrected chi connectivity index (χ1v) is 8.67. The Balaban J connectivity index is 2.80. The van der Waals surface area contributed by atoms with Crippen molar-refractivity contribution in [3.8, 4) is 6.07 Å². The van der Waals surface area contributed by atoms with Crippen LogP contribution >= 0.6 is 11.6 Å². The van der Waals surface area contributed by atoms with E-state index in [-0.39, 0.29) is 5.57 Å². The molecule has 0 bridgehead atoms. The van der Waals surface area contributed by atoms with Gasteiger partial charge in [0.25, 0.3) is 5.91 Å². The number of nitriles is 1. The van der Waals surface area contributed by atoms with Gasteiger partial charge < -0.3 is 15.5 Å². The lowest BCUT2D eigenvalue weighted by Crippen LogP contribution is -2.26. The molecule has 130 valence electrons. The summed E-state index contributed by atoms with van der Waals surface area (Å²) in [6.07, 6.45) is 2.11. The zero-order valence-corrected chi connectivity index (χ0v) is 15.3. The molecule has 24 heavy (non-hydrogen) atoms. The predicted molar refractivity (Wildman–Crippen MR) is 100 cm³/mol. The molecule has 0 saturated carbocycles. The summed E-state index contributed by atoms with van der Waals surface area (Å²) in [5, 5.41) is 14.8. The van der Waals surface area contributed by atoms with Crippen LogP contribution < -0.4 is 15.5 Å². The van der Waals surface area contributed by atoms with Crippen molar-refractivity contribution in [2.45, 2.75) is 27.2 Å². The maximum atomic E-state index is 11.9. The number of rotatable bonds is 9. The summed E-state index contributed by atoms with van der Waals surface area (Å²) in [5.41, 5.74) is 3.12. The van der Waals surface area contributed by atoms with Crippen molar-refractivity contribution in [2.24, 2.45) is 0 Å². The lowest BCUT2D eigenvalue weighted by molar-refractivity contribution is -0.117. The van der Waals surface area contributed by atoms with E-state index in [0.717, 1.165) is 30.0 Å². The normalized spacial score (nSPS) is 10.9. The Bertz CT molecular complexity index is 618. The minimum atomic E-state index is -0.396. The van der Waals surface area contributed by atoms with E-state index in [4.69, 9.17) is 16.9 Å². The Morgan fingerprint density at radius 2 is 2.08 bits per heavy atom. The zero-order valence-electron chi connectivity index (χ0n) is 14.5. The van der Waals surface area contributed by atoms with E-state index in [0.29, 0.717) is 18.8 Å². The first-order chi connectivity index (χ1) is 11.6. The average molecular weight is 349 g/mol. The van der Waals surface area contributed by atoms with Gasteiger partial charge in [0.15, 0.2) is 0 Å². The highest BCUT2D eigenvalue weighted by Gasteiger charge is 2.09. The van der Waals surface area contributed by atoms with Crippen LogP contribution in [0.1, 0.15) is 25.8 Å². The SMILES string of the molecule is CCN(CC)c1ccc(N/C=C(/C#N)C(=O)NCCCCl)c(C)c1. The number of carbonyl (C=O) groups is 1. The highest BCUT2D eigenvalue weighted by molar-refractivity contribution is 6.17. The van der Waals surface area contributed by atoms with Crippen LogP contribution in [-0.4, -0.2) is 31.4 Å². The van der Waals surface area contributed by atoms with Crippen molar-refractivity contribution in [2.75, 3.05) is 35.7 Å². The molecular formula is C18H25ClN4O. The van der Waals surface area contributed by atoms with Gasteiger partial charge in [0, 0.05) is 43.1 Å². The van der Waals surface area contributed by atoms with E-state index >= 15 is 0 Å². The molecule has 0 spiro atoms. The van der Waals surface area contributed by atoms with Gasteiger partial charge in [-0.2, -0.15) is 5.26 Å². The molecule has 0 radical (unpaired) electrons. The van der Waals surface area contributed by atoms with Gasteiger partial charge in [-0.15, -0.1) is 11.6 Å². The number of amides is 1. The molecule has 0 unspecified atom stereocenters. The zero-order chi connectivity index (χ0) is 17.9. The number of carbonyl (C=O) groups excluding carboxylic acids is 1. The molecule has 0 aromatic heterocycles. The van der Waals surface area contributed by atoms with E-state index in [1.54, 1.807) is 0 Å². The van der Waals surface area contributed by atoms with E-state index in [1.165, 1.54) is 6.20 Å². The number of alkyl halides is 1. The third-order valence-corrected chi connectivity index (χ3v) is 3.94. The fraction of sp³-hybridized carbons (Fsp3) is 0.444. The lowest BCUT2D eigenvalue weighted by atomic mass is 10.1.